The number of halogens is 2. The normalized spacial score (nSPS) is 12.7. The van der Waals surface area contributed by atoms with Gasteiger partial charge in [-0.1, -0.05) is 33.6 Å². The second-order valence-electron chi connectivity index (χ2n) is 4.13. The fourth-order valence-corrected chi connectivity index (χ4v) is 3.26. The van der Waals surface area contributed by atoms with Gasteiger partial charge < -0.3 is 5.32 Å². The molecule has 0 aliphatic rings. The maximum absolute atomic E-state index is 6.23. The van der Waals surface area contributed by atoms with Crippen LogP contribution in [-0.4, -0.2) is 4.98 Å². The van der Waals surface area contributed by atoms with Crippen LogP contribution in [0.4, 0.5) is 0 Å². The first-order valence-corrected chi connectivity index (χ1v) is 7.64. The molecule has 0 aliphatic heterocycles. The first-order valence-electron chi connectivity index (χ1n) is 5.66. The Balaban J connectivity index is 2.01. The lowest BCUT2D eigenvalue weighted by Crippen LogP contribution is -2.18. The van der Waals surface area contributed by atoms with Crippen LogP contribution in [0, 0.1) is 6.92 Å². The summed E-state index contributed by atoms with van der Waals surface area (Å²) in [6.07, 6.45) is 1.90. The molecule has 0 saturated carbocycles. The van der Waals surface area contributed by atoms with Gasteiger partial charge in [-0.25, -0.2) is 4.98 Å². The number of hydrogen-bond acceptors (Lipinski definition) is 3. The molecule has 1 aromatic carbocycles. The molecule has 0 aliphatic carbocycles. The summed E-state index contributed by atoms with van der Waals surface area (Å²) in [6, 6.07) is 6.17. The quantitative estimate of drug-likeness (QED) is 0.867. The van der Waals surface area contributed by atoms with Gasteiger partial charge in [0.2, 0.25) is 0 Å². The van der Waals surface area contributed by atoms with E-state index in [9.17, 15) is 0 Å². The lowest BCUT2D eigenvalue weighted by molar-refractivity contribution is 0.573. The van der Waals surface area contributed by atoms with E-state index in [1.54, 1.807) is 11.3 Å². The van der Waals surface area contributed by atoms with Gasteiger partial charge in [0.25, 0.3) is 0 Å². The van der Waals surface area contributed by atoms with Crippen LogP contribution < -0.4 is 5.32 Å². The van der Waals surface area contributed by atoms with Crippen molar-refractivity contribution in [3.63, 3.8) is 0 Å². The first kappa shape index (κ1) is 14.0. The van der Waals surface area contributed by atoms with Crippen molar-refractivity contribution in [1.82, 2.24) is 10.3 Å². The van der Waals surface area contributed by atoms with Crippen molar-refractivity contribution in [1.29, 1.82) is 0 Å². The van der Waals surface area contributed by atoms with Crippen LogP contribution in [0.15, 0.2) is 28.9 Å². The molecule has 0 radical (unpaired) electrons. The lowest BCUT2D eigenvalue weighted by Gasteiger charge is -2.15. The molecular formula is C13H14BrClN2S. The number of nitrogens with one attached hydrogen (secondary N) is 1. The SMILES string of the molecule is Cc1cnc(CNC(C)c2ccc(Br)cc2Cl)s1. The van der Waals surface area contributed by atoms with E-state index in [2.05, 4.69) is 40.1 Å². The summed E-state index contributed by atoms with van der Waals surface area (Å²) in [5, 5.41) is 5.32. The molecule has 1 heterocycles. The fraction of sp³-hybridized carbons (Fsp3) is 0.308. The van der Waals surface area contributed by atoms with Crippen molar-refractivity contribution >= 4 is 38.9 Å². The summed E-state index contributed by atoms with van der Waals surface area (Å²) in [5.74, 6) is 0. The summed E-state index contributed by atoms with van der Waals surface area (Å²) in [4.78, 5) is 5.57. The number of thiazole rings is 1. The van der Waals surface area contributed by atoms with E-state index in [-0.39, 0.29) is 6.04 Å². The van der Waals surface area contributed by atoms with Crippen molar-refractivity contribution in [2.75, 3.05) is 0 Å². The van der Waals surface area contributed by atoms with E-state index < -0.39 is 0 Å². The molecule has 5 heteroatoms. The summed E-state index contributed by atoms with van der Waals surface area (Å²) < 4.78 is 0.999. The molecule has 0 bridgehead atoms. The van der Waals surface area contributed by atoms with Crippen molar-refractivity contribution in [2.45, 2.75) is 26.4 Å². The Labute approximate surface area is 125 Å². The highest BCUT2D eigenvalue weighted by Gasteiger charge is 2.10. The molecular weight excluding hydrogens is 332 g/mol. The largest absolute Gasteiger partial charge is 0.304 e. The standard InChI is InChI=1S/C13H14BrClN2S/c1-8-6-17-13(18-8)7-16-9(2)11-4-3-10(14)5-12(11)15/h3-6,9,16H,7H2,1-2H3. The van der Waals surface area contributed by atoms with Crippen LogP contribution in [-0.2, 0) is 6.54 Å². The molecule has 0 amide bonds. The Morgan fingerprint density at radius 2 is 2.28 bits per heavy atom. The highest BCUT2D eigenvalue weighted by molar-refractivity contribution is 9.10. The average molecular weight is 346 g/mol. The summed E-state index contributed by atoms with van der Waals surface area (Å²) in [6.45, 7) is 4.94. The van der Waals surface area contributed by atoms with Gasteiger partial charge in [-0.3, -0.25) is 0 Å². The number of nitrogens with zero attached hydrogens (tertiary/aromatic N) is 1. The van der Waals surface area contributed by atoms with Crippen molar-refractivity contribution in [3.05, 3.63) is 49.3 Å². The van der Waals surface area contributed by atoms with E-state index in [1.165, 1.54) is 4.88 Å². The van der Waals surface area contributed by atoms with Crippen molar-refractivity contribution < 1.29 is 0 Å². The molecule has 1 aromatic heterocycles. The van der Waals surface area contributed by atoms with Crippen molar-refractivity contribution in [2.24, 2.45) is 0 Å². The highest BCUT2D eigenvalue weighted by Crippen LogP contribution is 2.26. The number of aromatic nitrogens is 1. The predicted octanol–water partition coefficient (Wildman–Crippen LogP) is 4.72. The Hall–Kier alpha value is -0.420. The predicted molar refractivity (Wildman–Crippen MR) is 81.3 cm³/mol. The number of aryl methyl sites for hydroxylation is 1. The molecule has 2 rings (SSSR count). The zero-order chi connectivity index (χ0) is 13.1. The zero-order valence-corrected chi connectivity index (χ0v) is 13.4. The maximum atomic E-state index is 6.23. The Bertz CT molecular complexity index is 542. The second kappa shape index (κ2) is 6.15. The molecule has 1 atom stereocenters. The third-order valence-corrected chi connectivity index (χ3v) is 4.39. The summed E-state index contributed by atoms with van der Waals surface area (Å²) >= 11 is 11.4. The molecule has 2 nitrogen and oxygen atoms in total. The Kier molecular flexibility index (Phi) is 4.78. The van der Waals surface area contributed by atoms with Crippen LogP contribution in [0.5, 0.6) is 0 Å². The monoisotopic (exact) mass is 344 g/mol. The van der Waals surface area contributed by atoms with Crippen LogP contribution in [0.1, 0.15) is 28.4 Å². The van der Waals surface area contributed by atoms with Gasteiger partial charge >= 0.3 is 0 Å². The van der Waals surface area contributed by atoms with E-state index in [0.29, 0.717) is 0 Å². The van der Waals surface area contributed by atoms with Crippen LogP contribution >= 0.6 is 38.9 Å². The average Bonchev–Trinajstić information content (AvgIpc) is 2.72. The number of benzene rings is 1. The summed E-state index contributed by atoms with van der Waals surface area (Å²) in [7, 11) is 0. The smallest absolute Gasteiger partial charge is 0.107 e. The molecule has 0 spiro atoms. The van der Waals surface area contributed by atoms with Gasteiger partial charge in [-0.2, -0.15) is 0 Å². The van der Waals surface area contributed by atoms with Crippen LogP contribution in [0.2, 0.25) is 5.02 Å². The number of hydrogen-bond donors (Lipinski definition) is 1. The highest BCUT2D eigenvalue weighted by atomic mass is 79.9. The van der Waals surface area contributed by atoms with E-state index in [1.807, 2.05) is 24.4 Å². The fourth-order valence-electron chi connectivity index (χ4n) is 1.69. The van der Waals surface area contributed by atoms with E-state index in [0.717, 1.165) is 26.6 Å². The molecule has 1 unspecified atom stereocenters. The lowest BCUT2D eigenvalue weighted by atomic mass is 10.1. The van der Waals surface area contributed by atoms with Crippen LogP contribution in [0.3, 0.4) is 0 Å². The van der Waals surface area contributed by atoms with Gasteiger partial charge in [0, 0.05) is 33.2 Å². The Morgan fingerprint density at radius 1 is 1.50 bits per heavy atom. The molecule has 0 saturated heterocycles. The third kappa shape index (κ3) is 3.54. The van der Waals surface area contributed by atoms with Gasteiger partial charge in [0.1, 0.15) is 5.01 Å². The van der Waals surface area contributed by atoms with E-state index in [4.69, 9.17) is 11.6 Å². The zero-order valence-electron chi connectivity index (χ0n) is 10.2. The van der Waals surface area contributed by atoms with Gasteiger partial charge in [-0.15, -0.1) is 11.3 Å². The minimum atomic E-state index is 0.204. The van der Waals surface area contributed by atoms with Gasteiger partial charge in [-0.05, 0) is 31.5 Å². The first-order chi connectivity index (χ1) is 8.56. The summed E-state index contributed by atoms with van der Waals surface area (Å²) in [5.41, 5.74) is 1.10. The third-order valence-electron chi connectivity index (χ3n) is 2.66. The molecule has 1 N–H and O–H groups in total. The molecule has 96 valence electrons. The molecule has 0 fully saturated rings. The van der Waals surface area contributed by atoms with Crippen LogP contribution in [0.25, 0.3) is 0 Å². The second-order valence-corrected chi connectivity index (χ2v) is 6.78. The number of rotatable bonds is 4. The minimum Gasteiger partial charge on any atom is -0.304 e. The molecule has 2 aromatic rings. The van der Waals surface area contributed by atoms with Gasteiger partial charge in [0.15, 0.2) is 0 Å². The Morgan fingerprint density at radius 3 is 2.89 bits per heavy atom. The van der Waals surface area contributed by atoms with E-state index >= 15 is 0 Å². The minimum absolute atomic E-state index is 0.204. The van der Waals surface area contributed by atoms with Gasteiger partial charge in [0.05, 0.1) is 0 Å². The van der Waals surface area contributed by atoms with Crippen molar-refractivity contribution in [3.8, 4) is 0 Å². The maximum Gasteiger partial charge on any atom is 0.107 e. The molecule has 18 heavy (non-hydrogen) atoms. The topological polar surface area (TPSA) is 24.9 Å².